The van der Waals surface area contributed by atoms with Crippen molar-refractivity contribution in [2.24, 2.45) is 11.1 Å². The van der Waals surface area contributed by atoms with E-state index in [0.717, 1.165) is 0 Å². The summed E-state index contributed by atoms with van der Waals surface area (Å²) < 4.78 is 10.4. The molecule has 0 atom stereocenters. The molecule has 0 aliphatic carbocycles. The summed E-state index contributed by atoms with van der Waals surface area (Å²) in [5, 5.41) is 14.1. The Kier molecular flexibility index (Phi) is 5.51. The molecular formula is C15H21N3O5. The van der Waals surface area contributed by atoms with Crippen LogP contribution in [0.15, 0.2) is 18.2 Å². The Morgan fingerprint density at radius 1 is 1.48 bits per heavy atom. The van der Waals surface area contributed by atoms with E-state index in [4.69, 9.17) is 15.2 Å². The van der Waals surface area contributed by atoms with Crippen molar-refractivity contribution in [3.05, 3.63) is 33.9 Å². The number of rotatable bonds is 7. The van der Waals surface area contributed by atoms with Crippen LogP contribution in [0.5, 0.6) is 0 Å². The topological polar surface area (TPSA) is 117 Å². The minimum atomic E-state index is -0.662. The first kappa shape index (κ1) is 17.2. The van der Waals surface area contributed by atoms with Crippen molar-refractivity contribution in [3.8, 4) is 0 Å². The van der Waals surface area contributed by atoms with Gasteiger partial charge in [-0.3, -0.25) is 14.9 Å². The van der Waals surface area contributed by atoms with Gasteiger partial charge in [0.2, 0.25) is 5.91 Å². The van der Waals surface area contributed by atoms with E-state index in [1.165, 1.54) is 19.2 Å². The highest BCUT2D eigenvalue weighted by Crippen LogP contribution is 2.32. The first-order valence-corrected chi connectivity index (χ1v) is 7.36. The maximum atomic E-state index is 11.9. The summed E-state index contributed by atoms with van der Waals surface area (Å²) in [6, 6.07) is 4.51. The summed E-state index contributed by atoms with van der Waals surface area (Å²) in [4.78, 5) is 22.3. The number of nitrogens with two attached hydrogens (primary N) is 1. The van der Waals surface area contributed by atoms with Gasteiger partial charge in [0, 0.05) is 50.3 Å². The molecule has 1 fully saturated rings. The minimum Gasteiger partial charge on any atom is -0.384 e. The van der Waals surface area contributed by atoms with Gasteiger partial charge in [-0.15, -0.1) is 0 Å². The lowest BCUT2D eigenvalue weighted by molar-refractivity contribution is -0.384. The number of ether oxygens (including phenoxy) is 2. The fourth-order valence-electron chi connectivity index (χ4n) is 2.68. The van der Waals surface area contributed by atoms with E-state index >= 15 is 0 Å². The van der Waals surface area contributed by atoms with E-state index in [0.29, 0.717) is 43.9 Å². The third-order valence-electron chi connectivity index (χ3n) is 4.19. The Morgan fingerprint density at radius 3 is 2.74 bits per heavy atom. The van der Waals surface area contributed by atoms with Crippen molar-refractivity contribution >= 4 is 17.3 Å². The molecule has 1 saturated heterocycles. The summed E-state index contributed by atoms with van der Waals surface area (Å²) in [6.07, 6.45) is 1.11. The number of carbonyl (C=O) groups is 1. The Morgan fingerprint density at radius 2 is 2.17 bits per heavy atom. The summed E-state index contributed by atoms with van der Waals surface area (Å²) in [5.41, 5.74) is 6.27. The average molecular weight is 323 g/mol. The highest BCUT2D eigenvalue weighted by Gasteiger charge is 2.38. The molecule has 126 valence electrons. The van der Waals surface area contributed by atoms with Crippen LogP contribution >= 0.6 is 0 Å². The highest BCUT2D eigenvalue weighted by molar-refractivity contribution is 5.81. The zero-order valence-electron chi connectivity index (χ0n) is 13.0. The van der Waals surface area contributed by atoms with E-state index in [-0.39, 0.29) is 18.2 Å². The van der Waals surface area contributed by atoms with Crippen LogP contribution in [0.2, 0.25) is 0 Å². The summed E-state index contributed by atoms with van der Waals surface area (Å²) in [6.45, 7) is 1.59. The molecule has 1 aromatic carbocycles. The molecule has 1 aromatic rings. The Hall–Kier alpha value is -2.19. The standard InChI is InChI=1S/C15H21N3O5/c1-22-9-11-8-12(18(20)21)2-3-13(11)17-10-15(14(16)19)4-6-23-7-5-15/h2-3,8,17H,4-7,9-10H2,1H3,(H2,16,19). The van der Waals surface area contributed by atoms with E-state index in [1.54, 1.807) is 6.07 Å². The SMILES string of the molecule is COCc1cc([N+](=O)[O-])ccc1NCC1(C(N)=O)CCOCC1. The molecule has 0 saturated carbocycles. The van der Waals surface area contributed by atoms with Crippen LogP contribution in [-0.4, -0.2) is 37.7 Å². The quantitative estimate of drug-likeness (QED) is 0.579. The Bertz CT molecular complexity index is 584. The second kappa shape index (κ2) is 7.38. The molecular weight excluding hydrogens is 302 g/mol. The number of nitro benzene ring substituents is 1. The maximum absolute atomic E-state index is 11.9. The number of nitrogens with zero attached hydrogens (tertiary/aromatic N) is 1. The third-order valence-corrected chi connectivity index (χ3v) is 4.19. The molecule has 3 N–H and O–H groups in total. The van der Waals surface area contributed by atoms with Crippen molar-refractivity contribution in [2.75, 3.05) is 32.2 Å². The summed E-state index contributed by atoms with van der Waals surface area (Å²) in [7, 11) is 1.52. The van der Waals surface area contributed by atoms with Crippen LogP contribution in [0.25, 0.3) is 0 Å². The highest BCUT2D eigenvalue weighted by atomic mass is 16.6. The number of amides is 1. The van der Waals surface area contributed by atoms with Gasteiger partial charge < -0.3 is 20.5 Å². The minimum absolute atomic E-state index is 0.00159. The van der Waals surface area contributed by atoms with Gasteiger partial charge in [-0.2, -0.15) is 0 Å². The number of nitrogens with one attached hydrogen (secondary N) is 1. The van der Waals surface area contributed by atoms with Crippen LogP contribution in [0.4, 0.5) is 11.4 Å². The molecule has 8 nitrogen and oxygen atoms in total. The predicted octanol–water partition coefficient (Wildman–Crippen LogP) is 1.44. The molecule has 1 heterocycles. The van der Waals surface area contributed by atoms with Crippen molar-refractivity contribution in [1.82, 2.24) is 0 Å². The molecule has 0 spiro atoms. The number of non-ortho nitro benzene ring substituents is 1. The predicted molar refractivity (Wildman–Crippen MR) is 84.0 cm³/mol. The van der Waals surface area contributed by atoms with Crippen LogP contribution in [0.1, 0.15) is 18.4 Å². The Labute approximate surface area is 134 Å². The number of methoxy groups -OCH3 is 1. The van der Waals surface area contributed by atoms with Crippen molar-refractivity contribution in [1.29, 1.82) is 0 Å². The largest absolute Gasteiger partial charge is 0.384 e. The molecule has 1 aliphatic heterocycles. The maximum Gasteiger partial charge on any atom is 0.269 e. The molecule has 0 aromatic heterocycles. The molecule has 2 rings (SSSR count). The molecule has 8 heteroatoms. The first-order chi connectivity index (χ1) is 11.0. The fraction of sp³-hybridized carbons (Fsp3) is 0.533. The van der Waals surface area contributed by atoms with Crippen LogP contribution in [0, 0.1) is 15.5 Å². The zero-order valence-corrected chi connectivity index (χ0v) is 13.0. The number of hydrogen-bond acceptors (Lipinski definition) is 6. The normalized spacial score (nSPS) is 16.7. The van der Waals surface area contributed by atoms with Gasteiger partial charge >= 0.3 is 0 Å². The number of primary amides is 1. The lowest BCUT2D eigenvalue weighted by Gasteiger charge is -2.34. The fourth-order valence-corrected chi connectivity index (χ4v) is 2.68. The van der Waals surface area contributed by atoms with E-state index in [2.05, 4.69) is 5.32 Å². The van der Waals surface area contributed by atoms with Crippen molar-refractivity contribution in [3.63, 3.8) is 0 Å². The molecule has 1 aliphatic rings. The van der Waals surface area contributed by atoms with Gasteiger partial charge in [-0.25, -0.2) is 0 Å². The molecule has 0 unspecified atom stereocenters. The number of hydrogen-bond donors (Lipinski definition) is 2. The van der Waals surface area contributed by atoms with E-state index in [9.17, 15) is 14.9 Å². The number of nitro groups is 1. The van der Waals surface area contributed by atoms with Gasteiger partial charge in [0.15, 0.2) is 0 Å². The number of benzene rings is 1. The second-order valence-electron chi connectivity index (χ2n) is 5.64. The smallest absolute Gasteiger partial charge is 0.269 e. The number of anilines is 1. The summed E-state index contributed by atoms with van der Waals surface area (Å²) in [5.74, 6) is -0.358. The van der Waals surface area contributed by atoms with Gasteiger partial charge in [0.1, 0.15) is 0 Å². The second-order valence-corrected chi connectivity index (χ2v) is 5.64. The Balaban J connectivity index is 2.18. The molecule has 0 radical (unpaired) electrons. The third kappa shape index (κ3) is 3.96. The van der Waals surface area contributed by atoms with Crippen LogP contribution < -0.4 is 11.1 Å². The summed E-state index contributed by atoms with van der Waals surface area (Å²) >= 11 is 0. The van der Waals surface area contributed by atoms with E-state index in [1.807, 2.05) is 0 Å². The zero-order chi connectivity index (χ0) is 16.9. The first-order valence-electron chi connectivity index (χ1n) is 7.36. The van der Waals surface area contributed by atoms with Gasteiger partial charge in [0.25, 0.3) is 5.69 Å². The van der Waals surface area contributed by atoms with Gasteiger partial charge in [-0.05, 0) is 18.9 Å². The van der Waals surface area contributed by atoms with Gasteiger partial charge in [-0.1, -0.05) is 0 Å². The van der Waals surface area contributed by atoms with Crippen molar-refractivity contribution in [2.45, 2.75) is 19.4 Å². The van der Waals surface area contributed by atoms with Crippen LogP contribution in [0.3, 0.4) is 0 Å². The van der Waals surface area contributed by atoms with E-state index < -0.39 is 10.3 Å². The molecule has 1 amide bonds. The molecule has 23 heavy (non-hydrogen) atoms. The van der Waals surface area contributed by atoms with Crippen molar-refractivity contribution < 1.29 is 19.2 Å². The average Bonchev–Trinajstić information content (AvgIpc) is 2.54. The number of carbonyl (C=O) groups excluding carboxylic acids is 1. The lowest BCUT2D eigenvalue weighted by Crippen LogP contribution is -2.46. The van der Waals surface area contributed by atoms with Crippen LogP contribution in [-0.2, 0) is 20.9 Å². The van der Waals surface area contributed by atoms with Gasteiger partial charge in [0.05, 0.1) is 16.9 Å². The monoisotopic (exact) mass is 323 g/mol. The molecule has 0 bridgehead atoms. The lowest BCUT2D eigenvalue weighted by atomic mass is 9.79.